The number of halogens is 5. The molecule has 0 spiro atoms. The lowest BCUT2D eigenvalue weighted by Gasteiger charge is -2.10. The molecule has 2 aromatic rings. The van der Waals surface area contributed by atoms with Crippen LogP contribution in [0.4, 0.5) is 13.2 Å². The van der Waals surface area contributed by atoms with Gasteiger partial charge in [0.2, 0.25) is 0 Å². The molecule has 1 unspecified atom stereocenters. The Balaban J connectivity index is 2.42. The zero-order chi connectivity index (χ0) is 13.4. The summed E-state index contributed by atoms with van der Waals surface area (Å²) in [5.41, 5.74) is 6.01. The van der Waals surface area contributed by atoms with E-state index in [9.17, 15) is 13.2 Å². The van der Waals surface area contributed by atoms with Gasteiger partial charge in [0.25, 0.3) is 0 Å². The fourth-order valence-corrected chi connectivity index (χ4v) is 3.20. The highest BCUT2D eigenvalue weighted by molar-refractivity contribution is 9.10. The van der Waals surface area contributed by atoms with E-state index in [0.717, 1.165) is 12.1 Å². The fraction of sp³-hybridized carbons (Fsp3) is 0.0909. The summed E-state index contributed by atoms with van der Waals surface area (Å²) in [5.74, 6) is -4.03. The molecule has 1 heterocycles. The van der Waals surface area contributed by atoms with Crippen molar-refractivity contribution in [3.8, 4) is 0 Å². The first-order valence-electron chi connectivity index (χ1n) is 4.75. The molecule has 0 fully saturated rings. The van der Waals surface area contributed by atoms with Gasteiger partial charge in [0.1, 0.15) is 4.34 Å². The normalized spacial score (nSPS) is 12.8. The molecule has 0 saturated heterocycles. The molecule has 96 valence electrons. The molecule has 0 aliphatic carbocycles. The molecule has 1 atom stereocenters. The maximum absolute atomic E-state index is 13.1. The summed E-state index contributed by atoms with van der Waals surface area (Å²) in [6.45, 7) is 0. The predicted octanol–water partition coefficient (Wildman–Crippen LogP) is 4.63. The first-order valence-corrected chi connectivity index (χ1v) is 6.73. The topological polar surface area (TPSA) is 26.0 Å². The molecule has 0 bridgehead atoms. The van der Waals surface area contributed by atoms with Crippen molar-refractivity contribution in [1.29, 1.82) is 0 Å². The third-order valence-corrected chi connectivity index (χ3v) is 4.89. The summed E-state index contributed by atoms with van der Waals surface area (Å²) in [4.78, 5) is 0.622. The molecule has 1 nitrogen and oxygen atoms in total. The van der Waals surface area contributed by atoms with Crippen molar-refractivity contribution < 1.29 is 13.2 Å². The second kappa shape index (κ2) is 5.21. The summed E-state index contributed by atoms with van der Waals surface area (Å²) >= 11 is 10.3. The highest BCUT2D eigenvalue weighted by Gasteiger charge is 2.18. The number of benzene rings is 1. The molecule has 2 rings (SSSR count). The van der Waals surface area contributed by atoms with Crippen LogP contribution < -0.4 is 5.73 Å². The van der Waals surface area contributed by atoms with Crippen molar-refractivity contribution in [3.63, 3.8) is 0 Å². The molecular weight excluding hydrogens is 351 g/mol. The van der Waals surface area contributed by atoms with Crippen LogP contribution in [0, 0.1) is 17.5 Å². The van der Waals surface area contributed by atoms with E-state index in [1.54, 1.807) is 6.07 Å². The fourth-order valence-electron chi connectivity index (χ4n) is 1.44. The highest BCUT2D eigenvalue weighted by Crippen LogP contribution is 2.36. The predicted molar refractivity (Wildman–Crippen MR) is 69.4 cm³/mol. The van der Waals surface area contributed by atoms with Crippen LogP contribution in [0.5, 0.6) is 0 Å². The molecule has 0 aliphatic heterocycles. The Kier molecular flexibility index (Phi) is 4.01. The number of thiophene rings is 1. The van der Waals surface area contributed by atoms with Crippen LogP contribution in [0.1, 0.15) is 16.5 Å². The van der Waals surface area contributed by atoms with Crippen molar-refractivity contribution in [2.45, 2.75) is 6.04 Å². The van der Waals surface area contributed by atoms with Crippen LogP contribution in [-0.4, -0.2) is 0 Å². The molecule has 2 N–H and O–H groups in total. The minimum Gasteiger partial charge on any atom is -0.320 e. The second-order valence-electron chi connectivity index (χ2n) is 3.55. The number of hydrogen-bond donors (Lipinski definition) is 1. The van der Waals surface area contributed by atoms with Gasteiger partial charge in [-0.05, 0) is 39.7 Å². The number of hydrogen-bond acceptors (Lipinski definition) is 2. The van der Waals surface area contributed by atoms with E-state index in [-0.39, 0.29) is 5.56 Å². The Morgan fingerprint density at radius 2 is 1.72 bits per heavy atom. The minimum atomic E-state index is -1.50. The minimum absolute atomic E-state index is 0.150. The maximum Gasteiger partial charge on any atom is 0.194 e. The lowest BCUT2D eigenvalue weighted by molar-refractivity contribution is 0.444. The van der Waals surface area contributed by atoms with E-state index in [1.165, 1.54) is 11.3 Å². The van der Waals surface area contributed by atoms with Crippen molar-refractivity contribution in [2.24, 2.45) is 5.73 Å². The summed E-state index contributed by atoms with van der Waals surface area (Å²) in [6.07, 6.45) is 0. The van der Waals surface area contributed by atoms with E-state index in [1.807, 2.05) is 0 Å². The molecule has 18 heavy (non-hydrogen) atoms. The number of rotatable bonds is 2. The molecule has 0 saturated carbocycles. The van der Waals surface area contributed by atoms with Crippen molar-refractivity contribution in [1.82, 2.24) is 0 Å². The quantitative estimate of drug-likeness (QED) is 0.780. The van der Waals surface area contributed by atoms with Crippen molar-refractivity contribution in [3.05, 3.63) is 54.9 Å². The summed E-state index contributed by atoms with van der Waals surface area (Å²) in [6, 6.07) is 2.66. The lowest BCUT2D eigenvalue weighted by Crippen LogP contribution is -2.11. The van der Waals surface area contributed by atoms with Crippen LogP contribution in [0.25, 0.3) is 0 Å². The third-order valence-electron chi connectivity index (χ3n) is 2.34. The highest BCUT2D eigenvalue weighted by atomic mass is 79.9. The van der Waals surface area contributed by atoms with Gasteiger partial charge >= 0.3 is 0 Å². The Labute approximate surface area is 119 Å². The molecule has 1 aromatic heterocycles. The van der Waals surface area contributed by atoms with Crippen LogP contribution in [-0.2, 0) is 0 Å². The molecule has 7 heteroatoms. The Bertz CT molecular complexity index is 559. The molecule has 0 radical (unpaired) electrons. The van der Waals surface area contributed by atoms with Crippen LogP contribution in [0.2, 0.25) is 4.34 Å². The van der Waals surface area contributed by atoms with Crippen molar-refractivity contribution in [2.75, 3.05) is 0 Å². The van der Waals surface area contributed by atoms with Gasteiger partial charge < -0.3 is 5.73 Å². The zero-order valence-electron chi connectivity index (χ0n) is 8.68. The Hall–Kier alpha value is -0.560. The largest absolute Gasteiger partial charge is 0.320 e. The Morgan fingerprint density at radius 3 is 2.17 bits per heavy atom. The van der Waals surface area contributed by atoms with E-state index >= 15 is 0 Å². The van der Waals surface area contributed by atoms with Gasteiger partial charge in [-0.25, -0.2) is 13.2 Å². The van der Waals surface area contributed by atoms with E-state index in [0.29, 0.717) is 13.7 Å². The molecule has 0 amide bonds. The van der Waals surface area contributed by atoms with Crippen LogP contribution in [0.3, 0.4) is 0 Å². The lowest BCUT2D eigenvalue weighted by atomic mass is 10.1. The monoisotopic (exact) mass is 355 g/mol. The van der Waals surface area contributed by atoms with Crippen LogP contribution in [0.15, 0.2) is 22.7 Å². The maximum atomic E-state index is 13.1. The van der Waals surface area contributed by atoms with Gasteiger partial charge in [-0.3, -0.25) is 0 Å². The SMILES string of the molecule is NC(c1cc(F)c(F)c(F)c1)c1cc(Br)c(Cl)s1. The van der Waals surface area contributed by atoms with Crippen LogP contribution >= 0.6 is 38.9 Å². The average molecular weight is 357 g/mol. The summed E-state index contributed by atoms with van der Waals surface area (Å²) in [7, 11) is 0. The summed E-state index contributed by atoms with van der Waals surface area (Å²) in [5, 5.41) is 0. The second-order valence-corrected chi connectivity index (χ2v) is 6.09. The smallest absolute Gasteiger partial charge is 0.194 e. The van der Waals surface area contributed by atoms with E-state index in [4.69, 9.17) is 17.3 Å². The van der Waals surface area contributed by atoms with Gasteiger partial charge in [-0.1, -0.05) is 11.6 Å². The average Bonchev–Trinajstić information content (AvgIpc) is 2.65. The first-order chi connectivity index (χ1) is 8.40. The Morgan fingerprint density at radius 1 is 1.17 bits per heavy atom. The zero-order valence-corrected chi connectivity index (χ0v) is 11.8. The number of nitrogens with two attached hydrogens (primary N) is 1. The summed E-state index contributed by atoms with van der Waals surface area (Å²) < 4.78 is 40.2. The van der Waals surface area contributed by atoms with Gasteiger partial charge in [-0.15, -0.1) is 11.3 Å². The van der Waals surface area contributed by atoms with Gasteiger partial charge in [0, 0.05) is 9.35 Å². The molecule has 0 aliphatic rings. The third kappa shape index (κ3) is 2.56. The molecular formula is C11H6BrClF3NS. The van der Waals surface area contributed by atoms with Crippen molar-refractivity contribution >= 4 is 38.9 Å². The van der Waals surface area contributed by atoms with Gasteiger partial charge in [-0.2, -0.15) is 0 Å². The van der Waals surface area contributed by atoms with Gasteiger partial charge in [0.05, 0.1) is 6.04 Å². The van der Waals surface area contributed by atoms with E-state index in [2.05, 4.69) is 15.9 Å². The molecule has 1 aromatic carbocycles. The van der Waals surface area contributed by atoms with Gasteiger partial charge in [0.15, 0.2) is 17.5 Å². The first kappa shape index (κ1) is 13.9. The standard InChI is InChI=1S/C11H6BrClF3NS/c12-5-3-8(18-11(5)13)10(17)4-1-6(14)9(16)7(15)2-4/h1-3,10H,17H2. The van der Waals surface area contributed by atoms with E-state index < -0.39 is 23.5 Å².